The van der Waals surface area contributed by atoms with Crippen LogP contribution < -0.4 is 0 Å². The van der Waals surface area contributed by atoms with E-state index in [0.29, 0.717) is 0 Å². The Morgan fingerprint density at radius 3 is 2.41 bits per heavy atom. The minimum absolute atomic E-state index is 0.0303. The summed E-state index contributed by atoms with van der Waals surface area (Å²) < 4.78 is 0. The first-order valence-corrected chi connectivity index (χ1v) is 7.83. The zero-order valence-electron chi connectivity index (χ0n) is 12.6. The van der Waals surface area contributed by atoms with Crippen molar-refractivity contribution < 1.29 is 9.90 Å². The van der Waals surface area contributed by atoms with Crippen LogP contribution in [-0.4, -0.2) is 22.5 Å². The SMILES string of the molecule is O=C(CC(O)c1ccccc1)N1CCCC1c1ccccc1. The zero-order chi connectivity index (χ0) is 15.4. The highest BCUT2D eigenvalue weighted by Crippen LogP contribution is 2.33. The second kappa shape index (κ2) is 6.75. The molecule has 1 heterocycles. The predicted octanol–water partition coefficient (Wildman–Crippen LogP) is 3.47. The summed E-state index contributed by atoms with van der Waals surface area (Å²) in [5, 5.41) is 10.3. The van der Waals surface area contributed by atoms with Gasteiger partial charge in [-0.3, -0.25) is 4.79 Å². The molecule has 1 amide bonds. The monoisotopic (exact) mass is 295 g/mol. The molecular formula is C19H21NO2. The molecule has 22 heavy (non-hydrogen) atoms. The lowest BCUT2D eigenvalue weighted by atomic mass is 10.0. The van der Waals surface area contributed by atoms with Crippen LogP contribution in [0.3, 0.4) is 0 Å². The highest BCUT2D eigenvalue weighted by molar-refractivity contribution is 5.77. The van der Waals surface area contributed by atoms with E-state index in [2.05, 4.69) is 12.1 Å². The van der Waals surface area contributed by atoms with E-state index in [1.165, 1.54) is 5.56 Å². The molecule has 3 heteroatoms. The van der Waals surface area contributed by atoms with Gasteiger partial charge in [-0.25, -0.2) is 0 Å². The standard InChI is InChI=1S/C19H21NO2/c21-18(16-10-5-2-6-11-16)14-19(22)20-13-7-12-17(20)15-8-3-1-4-9-15/h1-6,8-11,17-18,21H,7,12-14H2. The van der Waals surface area contributed by atoms with Gasteiger partial charge in [0.1, 0.15) is 0 Å². The van der Waals surface area contributed by atoms with Crippen LogP contribution in [0.2, 0.25) is 0 Å². The molecule has 2 aromatic carbocycles. The zero-order valence-corrected chi connectivity index (χ0v) is 12.6. The fourth-order valence-electron chi connectivity index (χ4n) is 3.16. The summed E-state index contributed by atoms with van der Waals surface area (Å²) in [4.78, 5) is 14.5. The summed E-state index contributed by atoms with van der Waals surface area (Å²) in [6.45, 7) is 0.778. The van der Waals surface area contributed by atoms with E-state index in [4.69, 9.17) is 0 Å². The summed E-state index contributed by atoms with van der Waals surface area (Å²) in [5.41, 5.74) is 1.98. The largest absolute Gasteiger partial charge is 0.388 e. The summed E-state index contributed by atoms with van der Waals surface area (Å²) in [6.07, 6.45) is 1.43. The molecule has 3 nitrogen and oxygen atoms in total. The van der Waals surface area contributed by atoms with Gasteiger partial charge in [0, 0.05) is 6.54 Å². The Kier molecular flexibility index (Phi) is 4.54. The molecule has 1 aliphatic heterocycles. The highest BCUT2D eigenvalue weighted by Gasteiger charge is 2.30. The van der Waals surface area contributed by atoms with Crippen LogP contribution in [0.25, 0.3) is 0 Å². The third kappa shape index (κ3) is 3.20. The minimum atomic E-state index is -0.731. The topological polar surface area (TPSA) is 40.5 Å². The number of hydrogen-bond acceptors (Lipinski definition) is 2. The van der Waals surface area contributed by atoms with E-state index < -0.39 is 6.10 Å². The van der Waals surface area contributed by atoms with Gasteiger partial charge in [0.2, 0.25) is 5.91 Å². The smallest absolute Gasteiger partial charge is 0.226 e. The van der Waals surface area contributed by atoms with Crippen LogP contribution >= 0.6 is 0 Å². The van der Waals surface area contributed by atoms with Gasteiger partial charge in [-0.05, 0) is 24.0 Å². The first-order valence-electron chi connectivity index (χ1n) is 7.83. The Hall–Kier alpha value is -2.13. The fourth-order valence-corrected chi connectivity index (χ4v) is 3.16. The minimum Gasteiger partial charge on any atom is -0.388 e. The van der Waals surface area contributed by atoms with Crippen molar-refractivity contribution in [2.24, 2.45) is 0 Å². The van der Waals surface area contributed by atoms with Crippen LogP contribution in [0.15, 0.2) is 60.7 Å². The normalized spacial score (nSPS) is 19.1. The van der Waals surface area contributed by atoms with Gasteiger partial charge in [0.15, 0.2) is 0 Å². The van der Waals surface area contributed by atoms with E-state index >= 15 is 0 Å². The Labute approximate surface area is 131 Å². The van der Waals surface area contributed by atoms with Gasteiger partial charge >= 0.3 is 0 Å². The number of likely N-dealkylation sites (tertiary alicyclic amines) is 1. The number of hydrogen-bond donors (Lipinski definition) is 1. The Balaban J connectivity index is 1.69. The number of nitrogens with zero attached hydrogens (tertiary/aromatic N) is 1. The van der Waals surface area contributed by atoms with Crippen LogP contribution in [-0.2, 0) is 4.79 Å². The van der Waals surface area contributed by atoms with Crippen molar-refractivity contribution in [2.75, 3.05) is 6.54 Å². The van der Waals surface area contributed by atoms with Crippen LogP contribution in [0.4, 0.5) is 0 Å². The van der Waals surface area contributed by atoms with Gasteiger partial charge in [-0.2, -0.15) is 0 Å². The van der Waals surface area contributed by atoms with Gasteiger partial charge in [0.25, 0.3) is 0 Å². The molecule has 0 aliphatic carbocycles. The van der Waals surface area contributed by atoms with E-state index in [9.17, 15) is 9.90 Å². The van der Waals surface area contributed by atoms with Gasteiger partial charge in [0.05, 0.1) is 18.6 Å². The Morgan fingerprint density at radius 2 is 1.73 bits per heavy atom. The lowest BCUT2D eigenvalue weighted by Gasteiger charge is -2.26. The Morgan fingerprint density at radius 1 is 1.09 bits per heavy atom. The molecule has 1 saturated heterocycles. The van der Waals surface area contributed by atoms with Crippen LogP contribution in [0.1, 0.15) is 42.5 Å². The molecule has 0 spiro atoms. The van der Waals surface area contributed by atoms with Crippen molar-refractivity contribution in [2.45, 2.75) is 31.4 Å². The molecule has 0 saturated carbocycles. The van der Waals surface area contributed by atoms with Gasteiger partial charge in [-0.1, -0.05) is 60.7 Å². The summed E-state index contributed by atoms with van der Waals surface area (Å²) in [5.74, 6) is 0.0303. The van der Waals surface area contributed by atoms with E-state index in [1.54, 1.807) is 0 Å². The highest BCUT2D eigenvalue weighted by atomic mass is 16.3. The van der Waals surface area contributed by atoms with Crippen molar-refractivity contribution in [3.05, 3.63) is 71.8 Å². The molecule has 2 aromatic rings. The van der Waals surface area contributed by atoms with E-state index in [0.717, 1.165) is 24.9 Å². The lowest BCUT2D eigenvalue weighted by Crippen LogP contribution is -2.31. The van der Waals surface area contributed by atoms with Crippen molar-refractivity contribution in [1.29, 1.82) is 0 Å². The third-order valence-corrected chi connectivity index (χ3v) is 4.31. The van der Waals surface area contributed by atoms with E-state index in [1.807, 2.05) is 53.4 Å². The number of amides is 1. The second-order valence-corrected chi connectivity index (χ2v) is 5.79. The number of carbonyl (C=O) groups is 1. The van der Waals surface area contributed by atoms with Crippen molar-refractivity contribution in [1.82, 2.24) is 4.90 Å². The third-order valence-electron chi connectivity index (χ3n) is 4.31. The molecule has 0 aromatic heterocycles. The first-order chi connectivity index (χ1) is 10.8. The number of benzene rings is 2. The van der Waals surface area contributed by atoms with Crippen LogP contribution in [0.5, 0.6) is 0 Å². The van der Waals surface area contributed by atoms with Crippen molar-refractivity contribution in [3.8, 4) is 0 Å². The molecule has 1 fully saturated rings. The fraction of sp³-hybridized carbons (Fsp3) is 0.316. The molecule has 1 aliphatic rings. The molecule has 0 bridgehead atoms. The average Bonchev–Trinajstić information content (AvgIpc) is 3.06. The van der Waals surface area contributed by atoms with Crippen molar-refractivity contribution >= 4 is 5.91 Å². The number of aliphatic hydroxyl groups is 1. The van der Waals surface area contributed by atoms with E-state index in [-0.39, 0.29) is 18.4 Å². The summed E-state index contributed by atoms with van der Waals surface area (Å²) >= 11 is 0. The van der Waals surface area contributed by atoms with Gasteiger partial charge in [-0.15, -0.1) is 0 Å². The number of aliphatic hydroxyl groups excluding tert-OH is 1. The quantitative estimate of drug-likeness (QED) is 0.938. The molecule has 2 unspecified atom stereocenters. The molecule has 114 valence electrons. The molecule has 3 rings (SSSR count). The number of carbonyl (C=O) groups excluding carboxylic acids is 1. The number of rotatable bonds is 4. The van der Waals surface area contributed by atoms with Crippen LogP contribution in [0, 0.1) is 0 Å². The average molecular weight is 295 g/mol. The molecule has 0 radical (unpaired) electrons. The Bertz CT molecular complexity index is 612. The summed E-state index contributed by atoms with van der Waals surface area (Å²) in [7, 11) is 0. The predicted molar refractivity (Wildman–Crippen MR) is 86.1 cm³/mol. The lowest BCUT2D eigenvalue weighted by molar-refractivity contribution is -0.134. The molecule has 1 N–H and O–H groups in total. The molecular weight excluding hydrogens is 274 g/mol. The first kappa shape index (κ1) is 14.8. The molecule has 2 atom stereocenters. The maximum Gasteiger partial charge on any atom is 0.226 e. The van der Waals surface area contributed by atoms with Gasteiger partial charge < -0.3 is 10.0 Å². The summed E-state index contributed by atoms with van der Waals surface area (Å²) in [6, 6.07) is 19.7. The maximum atomic E-state index is 12.6. The van der Waals surface area contributed by atoms with Crippen molar-refractivity contribution in [3.63, 3.8) is 0 Å². The second-order valence-electron chi connectivity index (χ2n) is 5.79. The maximum absolute atomic E-state index is 12.6.